The van der Waals surface area contributed by atoms with E-state index < -0.39 is 11.5 Å². The van der Waals surface area contributed by atoms with E-state index in [4.69, 9.17) is 11.6 Å². The normalized spacial score (nSPS) is 12.0. The van der Waals surface area contributed by atoms with Crippen molar-refractivity contribution in [1.29, 1.82) is 0 Å². The van der Waals surface area contributed by atoms with Gasteiger partial charge < -0.3 is 5.32 Å². The van der Waals surface area contributed by atoms with Gasteiger partial charge in [0.15, 0.2) is 0 Å². The van der Waals surface area contributed by atoms with Crippen molar-refractivity contribution in [3.63, 3.8) is 0 Å². The lowest BCUT2D eigenvalue weighted by Gasteiger charge is -2.16. The average Bonchev–Trinajstić information content (AvgIpc) is 2.80. The number of aromatic nitrogens is 2. The van der Waals surface area contributed by atoms with Crippen LogP contribution >= 0.6 is 11.6 Å². The van der Waals surface area contributed by atoms with Gasteiger partial charge in [-0.15, -0.1) is 0 Å². The number of nitrogens with one attached hydrogen (secondary N) is 1. The molecule has 33 heavy (non-hydrogen) atoms. The summed E-state index contributed by atoms with van der Waals surface area (Å²) >= 11 is 6.18. The van der Waals surface area contributed by atoms with Crippen LogP contribution in [0, 0.1) is 5.82 Å². The molecule has 0 saturated carbocycles. The molecule has 0 aliphatic heterocycles. The van der Waals surface area contributed by atoms with Crippen LogP contribution in [0.15, 0.2) is 77.6 Å². The summed E-state index contributed by atoms with van der Waals surface area (Å²) in [5, 5.41) is 3.86. The van der Waals surface area contributed by atoms with Gasteiger partial charge in [0.1, 0.15) is 12.4 Å². The first-order chi connectivity index (χ1) is 15.9. The van der Waals surface area contributed by atoms with Crippen LogP contribution in [-0.4, -0.2) is 21.5 Å². The molecule has 0 aliphatic carbocycles. The highest BCUT2D eigenvalue weighted by Crippen LogP contribution is 2.29. The number of carbonyl (C=O) groups is 1. The molecule has 7 heteroatoms. The standard InChI is InChI=1S/C26H23ClFN3O2/c1-17(11-12-18-7-3-2-4-8-18)29-24(32)16-31-23-14-13-19(27)15-21(23)25(30-26(31)33)20-9-5-6-10-22(20)28/h2-10,13-15,17H,11-12,16H2,1H3,(H,29,32)/t17-/m1/s1. The zero-order valence-corrected chi connectivity index (χ0v) is 18.8. The fourth-order valence-corrected chi connectivity index (χ4v) is 4.00. The van der Waals surface area contributed by atoms with E-state index in [0.29, 0.717) is 15.9 Å². The van der Waals surface area contributed by atoms with E-state index >= 15 is 0 Å². The monoisotopic (exact) mass is 463 g/mol. The van der Waals surface area contributed by atoms with E-state index in [2.05, 4.69) is 10.3 Å². The Kier molecular flexibility index (Phi) is 6.84. The Hall–Kier alpha value is -3.51. The van der Waals surface area contributed by atoms with Gasteiger partial charge in [0.05, 0.1) is 11.2 Å². The van der Waals surface area contributed by atoms with Gasteiger partial charge in [0.25, 0.3) is 0 Å². The third-order valence-electron chi connectivity index (χ3n) is 5.49. The van der Waals surface area contributed by atoms with Gasteiger partial charge in [0.2, 0.25) is 5.91 Å². The molecule has 0 saturated heterocycles. The van der Waals surface area contributed by atoms with Crippen LogP contribution in [0.2, 0.25) is 5.02 Å². The van der Waals surface area contributed by atoms with Crippen LogP contribution in [0.5, 0.6) is 0 Å². The molecular weight excluding hydrogens is 441 g/mol. The van der Waals surface area contributed by atoms with Crippen molar-refractivity contribution < 1.29 is 9.18 Å². The number of carbonyl (C=O) groups excluding carboxylic acids is 1. The summed E-state index contributed by atoms with van der Waals surface area (Å²) < 4.78 is 15.7. The van der Waals surface area contributed by atoms with Crippen molar-refractivity contribution in [3.8, 4) is 11.3 Å². The summed E-state index contributed by atoms with van der Waals surface area (Å²) in [4.78, 5) is 29.7. The van der Waals surface area contributed by atoms with Gasteiger partial charge in [-0.1, -0.05) is 54.1 Å². The molecule has 0 unspecified atom stereocenters. The van der Waals surface area contributed by atoms with Crippen LogP contribution in [0.3, 0.4) is 0 Å². The molecule has 1 aromatic heterocycles. The number of benzene rings is 3. The van der Waals surface area contributed by atoms with Crippen molar-refractivity contribution >= 4 is 28.4 Å². The van der Waals surface area contributed by atoms with Crippen molar-refractivity contribution in [2.45, 2.75) is 32.4 Å². The zero-order chi connectivity index (χ0) is 23.4. The van der Waals surface area contributed by atoms with Gasteiger partial charge in [-0.05, 0) is 55.7 Å². The summed E-state index contributed by atoms with van der Waals surface area (Å²) in [6.07, 6.45) is 1.61. The van der Waals surface area contributed by atoms with E-state index in [-0.39, 0.29) is 29.8 Å². The summed E-state index contributed by atoms with van der Waals surface area (Å²) in [6, 6.07) is 21.0. The zero-order valence-electron chi connectivity index (χ0n) is 18.1. The molecule has 4 rings (SSSR count). The summed E-state index contributed by atoms with van der Waals surface area (Å²) in [6.45, 7) is 1.73. The smallest absolute Gasteiger partial charge is 0.349 e. The quantitative estimate of drug-likeness (QED) is 0.420. The lowest BCUT2D eigenvalue weighted by Crippen LogP contribution is -2.38. The molecule has 0 aliphatic rings. The van der Waals surface area contributed by atoms with Crippen LogP contribution in [-0.2, 0) is 17.8 Å². The Labute approximate surface area is 195 Å². The van der Waals surface area contributed by atoms with Gasteiger partial charge in [-0.2, -0.15) is 4.98 Å². The minimum atomic E-state index is -0.629. The highest BCUT2D eigenvalue weighted by Gasteiger charge is 2.17. The van der Waals surface area contributed by atoms with Crippen LogP contribution in [0.1, 0.15) is 18.9 Å². The molecule has 1 atom stereocenters. The Morgan fingerprint density at radius 1 is 1.09 bits per heavy atom. The Morgan fingerprint density at radius 3 is 2.58 bits per heavy atom. The van der Waals surface area contributed by atoms with E-state index in [1.807, 2.05) is 37.3 Å². The second kappa shape index (κ2) is 9.96. The Morgan fingerprint density at radius 2 is 1.82 bits per heavy atom. The van der Waals surface area contributed by atoms with Gasteiger partial charge >= 0.3 is 5.69 Å². The van der Waals surface area contributed by atoms with Crippen molar-refractivity contribution in [2.24, 2.45) is 0 Å². The number of hydrogen-bond acceptors (Lipinski definition) is 3. The highest BCUT2D eigenvalue weighted by atomic mass is 35.5. The number of aryl methyl sites for hydroxylation is 1. The van der Waals surface area contributed by atoms with Crippen LogP contribution in [0.4, 0.5) is 4.39 Å². The third kappa shape index (κ3) is 5.29. The highest BCUT2D eigenvalue weighted by molar-refractivity contribution is 6.31. The van der Waals surface area contributed by atoms with Gasteiger partial charge in [-0.25, -0.2) is 9.18 Å². The molecule has 0 spiro atoms. The predicted molar refractivity (Wildman–Crippen MR) is 129 cm³/mol. The molecule has 0 bridgehead atoms. The number of halogens is 2. The Bertz CT molecular complexity index is 1360. The second-order valence-electron chi connectivity index (χ2n) is 7.96. The molecule has 5 nitrogen and oxygen atoms in total. The first-order valence-electron chi connectivity index (χ1n) is 10.7. The molecule has 4 aromatic rings. The van der Waals surface area contributed by atoms with E-state index in [1.54, 1.807) is 36.4 Å². The molecular formula is C26H23ClFN3O2. The van der Waals surface area contributed by atoms with Gasteiger partial charge in [-0.3, -0.25) is 9.36 Å². The van der Waals surface area contributed by atoms with E-state index in [0.717, 1.165) is 12.8 Å². The van der Waals surface area contributed by atoms with Crippen molar-refractivity contribution in [3.05, 3.63) is 99.7 Å². The van der Waals surface area contributed by atoms with Crippen LogP contribution in [0.25, 0.3) is 22.2 Å². The molecule has 1 heterocycles. The van der Waals surface area contributed by atoms with E-state index in [9.17, 15) is 14.0 Å². The van der Waals surface area contributed by atoms with E-state index in [1.165, 1.54) is 16.2 Å². The fraction of sp³-hybridized carbons (Fsp3) is 0.192. The minimum Gasteiger partial charge on any atom is -0.352 e. The first kappa shape index (κ1) is 22.7. The molecule has 0 radical (unpaired) electrons. The first-order valence-corrected chi connectivity index (χ1v) is 11.1. The molecule has 168 valence electrons. The number of hydrogen-bond donors (Lipinski definition) is 1. The molecule has 1 amide bonds. The summed E-state index contributed by atoms with van der Waals surface area (Å²) in [7, 11) is 0. The molecule has 3 aromatic carbocycles. The minimum absolute atomic E-state index is 0.0697. The van der Waals surface area contributed by atoms with Crippen molar-refractivity contribution in [1.82, 2.24) is 14.9 Å². The molecule has 0 fully saturated rings. The lowest BCUT2D eigenvalue weighted by atomic mass is 10.1. The van der Waals surface area contributed by atoms with Gasteiger partial charge in [0, 0.05) is 22.0 Å². The van der Waals surface area contributed by atoms with Crippen molar-refractivity contribution in [2.75, 3.05) is 0 Å². The maximum absolute atomic E-state index is 14.4. The maximum atomic E-state index is 14.4. The number of rotatable bonds is 7. The Balaban J connectivity index is 1.59. The predicted octanol–water partition coefficient (Wildman–Crippen LogP) is 4.99. The number of fused-ring (bicyclic) bond motifs is 1. The largest absolute Gasteiger partial charge is 0.352 e. The summed E-state index contributed by atoms with van der Waals surface area (Å²) in [5.41, 5.74) is 1.43. The average molecular weight is 464 g/mol. The lowest BCUT2D eigenvalue weighted by molar-refractivity contribution is -0.122. The van der Waals surface area contributed by atoms with Crippen LogP contribution < -0.4 is 11.0 Å². The topological polar surface area (TPSA) is 64.0 Å². The molecule has 1 N–H and O–H groups in total. The number of amides is 1. The second-order valence-corrected chi connectivity index (χ2v) is 8.40. The number of nitrogens with zero attached hydrogens (tertiary/aromatic N) is 2. The fourth-order valence-electron chi connectivity index (χ4n) is 3.83. The third-order valence-corrected chi connectivity index (χ3v) is 5.72. The maximum Gasteiger partial charge on any atom is 0.349 e. The SMILES string of the molecule is C[C@H](CCc1ccccc1)NC(=O)Cn1c(=O)nc(-c2ccccc2F)c2cc(Cl)ccc21. The summed E-state index contributed by atoms with van der Waals surface area (Å²) in [5.74, 6) is -0.789.